The fourth-order valence-corrected chi connectivity index (χ4v) is 5.29. The van der Waals surface area contributed by atoms with Gasteiger partial charge in [0.2, 0.25) is 5.91 Å². The first kappa shape index (κ1) is 18.0. The number of amides is 2. The van der Waals surface area contributed by atoms with Crippen LogP contribution in [0.1, 0.15) is 28.9 Å². The molecule has 29 heavy (non-hydrogen) atoms. The number of carbonyl (C=O) groups excluding carboxylic acids is 2. The van der Waals surface area contributed by atoms with E-state index in [1.165, 1.54) is 0 Å². The van der Waals surface area contributed by atoms with Crippen LogP contribution in [0.15, 0.2) is 60.8 Å². The molecule has 3 atom stereocenters. The van der Waals surface area contributed by atoms with E-state index in [1.54, 1.807) is 6.92 Å². The van der Waals surface area contributed by atoms with Crippen LogP contribution in [0.3, 0.4) is 0 Å². The molecule has 0 N–H and O–H groups in total. The molecule has 2 aliphatic rings. The maximum Gasteiger partial charge on any atom is 0.256 e. The summed E-state index contributed by atoms with van der Waals surface area (Å²) in [5.41, 5.74) is 3.00. The van der Waals surface area contributed by atoms with E-state index in [2.05, 4.69) is 12.1 Å². The van der Waals surface area contributed by atoms with Crippen molar-refractivity contribution in [3.8, 4) is 0 Å². The van der Waals surface area contributed by atoms with Crippen LogP contribution in [-0.4, -0.2) is 45.8 Å². The summed E-state index contributed by atoms with van der Waals surface area (Å²) in [4.78, 5) is 29.7. The van der Waals surface area contributed by atoms with E-state index in [-0.39, 0.29) is 23.8 Å². The molecule has 148 valence electrons. The number of aryl methyl sites for hydroxylation is 1. The van der Waals surface area contributed by atoms with Gasteiger partial charge in [0, 0.05) is 62.5 Å². The van der Waals surface area contributed by atoms with Gasteiger partial charge < -0.3 is 14.4 Å². The number of hydrogen-bond donors (Lipinski definition) is 0. The summed E-state index contributed by atoms with van der Waals surface area (Å²) in [5.74, 6) is 0.806. The predicted octanol–water partition coefficient (Wildman–Crippen LogP) is 3.47. The van der Waals surface area contributed by atoms with Crippen molar-refractivity contribution in [3.63, 3.8) is 0 Å². The molecule has 0 saturated carbocycles. The number of carbonyl (C=O) groups is 2. The second-order valence-electron chi connectivity index (χ2n) is 8.33. The number of aromatic nitrogens is 1. The highest BCUT2D eigenvalue weighted by molar-refractivity contribution is 6.07. The number of para-hydroxylation sites is 1. The molecule has 5 nitrogen and oxygen atoms in total. The molecule has 2 fully saturated rings. The molecule has 2 saturated heterocycles. The first-order valence-electron chi connectivity index (χ1n) is 10.2. The zero-order valence-corrected chi connectivity index (χ0v) is 16.8. The van der Waals surface area contributed by atoms with Crippen molar-refractivity contribution in [3.05, 3.63) is 71.9 Å². The first-order valence-corrected chi connectivity index (χ1v) is 10.2. The van der Waals surface area contributed by atoms with Crippen molar-refractivity contribution < 1.29 is 9.59 Å². The minimum atomic E-state index is 0.0454. The number of benzene rings is 2. The summed E-state index contributed by atoms with van der Waals surface area (Å²) < 4.78 is 2.02. The molecular weight excluding hydrogens is 362 g/mol. The predicted molar refractivity (Wildman–Crippen MR) is 112 cm³/mol. The average Bonchev–Trinajstić information content (AvgIpc) is 3.39. The molecule has 2 aliphatic heterocycles. The van der Waals surface area contributed by atoms with E-state index < -0.39 is 0 Å². The summed E-state index contributed by atoms with van der Waals surface area (Å²) >= 11 is 0. The summed E-state index contributed by atoms with van der Waals surface area (Å²) in [7, 11) is 1.98. The molecule has 2 amide bonds. The van der Waals surface area contributed by atoms with Crippen LogP contribution in [0, 0.1) is 11.8 Å². The van der Waals surface area contributed by atoms with Crippen molar-refractivity contribution >= 4 is 22.7 Å². The van der Waals surface area contributed by atoms with Crippen molar-refractivity contribution in [2.24, 2.45) is 18.9 Å². The van der Waals surface area contributed by atoms with Crippen LogP contribution in [0.2, 0.25) is 0 Å². The Morgan fingerprint density at radius 2 is 1.66 bits per heavy atom. The monoisotopic (exact) mass is 387 g/mol. The zero-order chi connectivity index (χ0) is 20.1. The Labute approximate surface area is 170 Å². The number of rotatable bonds is 2. The number of nitrogens with zero attached hydrogens (tertiary/aromatic N) is 3. The summed E-state index contributed by atoms with van der Waals surface area (Å²) in [6.07, 6.45) is 1.94. The van der Waals surface area contributed by atoms with Gasteiger partial charge in [0.15, 0.2) is 0 Å². The lowest BCUT2D eigenvalue weighted by molar-refractivity contribution is -0.130. The van der Waals surface area contributed by atoms with Gasteiger partial charge in [0.25, 0.3) is 5.91 Å². The molecule has 5 rings (SSSR count). The lowest BCUT2D eigenvalue weighted by Gasteiger charge is -2.29. The van der Waals surface area contributed by atoms with E-state index in [4.69, 9.17) is 0 Å². The summed E-state index contributed by atoms with van der Waals surface area (Å²) in [5, 5.41) is 1.00. The van der Waals surface area contributed by atoms with Crippen molar-refractivity contribution in [1.82, 2.24) is 14.4 Å². The summed E-state index contributed by atoms with van der Waals surface area (Å²) in [6.45, 7) is 3.77. The maximum atomic E-state index is 13.4. The Kier molecular flexibility index (Phi) is 4.19. The van der Waals surface area contributed by atoms with Crippen LogP contribution in [0.4, 0.5) is 0 Å². The standard InChI is InChI=1S/C24H25N3O2/c1-16(28)27-13-18-12-26(15-20(18)23(27)17-8-4-3-5-9-17)24(29)21-14-25(2)22-11-7-6-10-19(21)22/h3-11,14,18,20,23H,12-13,15H2,1-2H3/t18-,20-,23+/m1/s1. The van der Waals surface area contributed by atoms with Crippen LogP contribution in [0.5, 0.6) is 0 Å². The van der Waals surface area contributed by atoms with Crippen LogP contribution in [-0.2, 0) is 11.8 Å². The SMILES string of the molecule is CC(=O)N1C[C@H]2CN(C(=O)c3cn(C)c4ccccc34)C[C@H]2[C@@H]1c1ccccc1. The van der Waals surface area contributed by atoms with Crippen LogP contribution < -0.4 is 0 Å². The quantitative estimate of drug-likeness (QED) is 0.676. The molecule has 0 radical (unpaired) electrons. The zero-order valence-electron chi connectivity index (χ0n) is 16.8. The van der Waals surface area contributed by atoms with Crippen molar-refractivity contribution in [2.75, 3.05) is 19.6 Å². The van der Waals surface area contributed by atoms with E-state index in [9.17, 15) is 9.59 Å². The molecule has 0 aliphatic carbocycles. The number of likely N-dealkylation sites (tertiary alicyclic amines) is 2. The minimum absolute atomic E-state index is 0.0454. The largest absolute Gasteiger partial charge is 0.350 e. The second-order valence-corrected chi connectivity index (χ2v) is 8.33. The third-order valence-electron chi connectivity index (χ3n) is 6.62. The topological polar surface area (TPSA) is 45.6 Å². The van der Waals surface area contributed by atoms with Gasteiger partial charge in [-0.15, -0.1) is 0 Å². The van der Waals surface area contributed by atoms with Gasteiger partial charge in [0.05, 0.1) is 11.6 Å². The highest BCUT2D eigenvalue weighted by atomic mass is 16.2. The van der Waals surface area contributed by atoms with Gasteiger partial charge >= 0.3 is 0 Å². The van der Waals surface area contributed by atoms with Gasteiger partial charge in [-0.05, 0) is 11.6 Å². The molecule has 1 aromatic heterocycles. The van der Waals surface area contributed by atoms with E-state index in [0.717, 1.165) is 28.6 Å². The molecule has 0 bridgehead atoms. The lowest BCUT2D eigenvalue weighted by Crippen LogP contribution is -2.36. The van der Waals surface area contributed by atoms with E-state index >= 15 is 0 Å². The third-order valence-corrected chi connectivity index (χ3v) is 6.62. The Bertz CT molecular complexity index is 1090. The number of hydrogen-bond acceptors (Lipinski definition) is 2. The molecule has 0 spiro atoms. The van der Waals surface area contributed by atoms with E-state index in [1.807, 2.05) is 70.1 Å². The maximum absolute atomic E-state index is 13.4. The van der Waals surface area contributed by atoms with Crippen molar-refractivity contribution in [2.45, 2.75) is 13.0 Å². The second kappa shape index (κ2) is 6.76. The fraction of sp³-hybridized carbons (Fsp3) is 0.333. The van der Waals surface area contributed by atoms with Gasteiger partial charge in [-0.25, -0.2) is 0 Å². The molecule has 3 heterocycles. The molecule has 5 heteroatoms. The molecule has 0 unspecified atom stereocenters. The highest BCUT2D eigenvalue weighted by Crippen LogP contribution is 2.45. The van der Waals surface area contributed by atoms with E-state index in [0.29, 0.717) is 19.0 Å². The highest BCUT2D eigenvalue weighted by Gasteiger charge is 2.49. The fourth-order valence-electron chi connectivity index (χ4n) is 5.29. The van der Waals surface area contributed by atoms with Gasteiger partial charge in [-0.1, -0.05) is 48.5 Å². The Hall–Kier alpha value is -3.08. The Morgan fingerprint density at radius 3 is 2.41 bits per heavy atom. The smallest absolute Gasteiger partial charge is 0.256 e. The summed E-state index contributed by atoms with van der Waals surface area (Å²) in [6, 6.07) is 18.3. The van der Waals surface area contributed by atoms with Crippen LogP contribution >= 0.6 is 0 Å². The van der Waals surface area contributed by atoms with Crippen LogP contribution in [0.25, 0.3) is 10.9 Å². The minimum Gasteiger partial charge on any atom is -0.350 e. The lowest BCUT2D eigenvalue weighted by atomic mass is 9.89. The Balaban J connectivity index is 1.45. The molecule has 3 aromatic rings. The number of fused-ring (bicyclic) bond motifs is 2. The normalized spacial score (nSPS) is 23.6. The average molecular weight is 387 g/mol. The van der Waals surface area contributed by atoms with Gasteiger partial charge in [-0.3, -0.25) is 9.59 Å². The first-order chi connectivity index (χ1) is 14.0. The Morgan fingerprint density at radius 1 is 0.931 bits per heavy atom. The van der Waals surface area contributed by atoms with Gasteiger partial charge in [-0.2, -0.15) is 0 Å². The molecular formula is C24H25N3O2. The van der Waals surface area contributed by atoms with Crippen molar-refractivity contribution in [1.29, 1.82) is 0 Å². The third kappa shape index (κ3) is 2.84. The van der Waals surface area contributed by atoms with Gasteiger partial charge in [0.1, 0.15) is 0 Å². The molecule has 2 aromatic carbocycles.